The van der Waals surface area contributed by atoms with Crippen LogP contribution in [-0.4, -0.2) is 15.9 Å². The number of primary amides is 1. The SMILES string of the molecule is CCC(c1ccccc1)S(=O)CC(N)=O. The second-order valence-corrected chi connectivity index (χ2v) is 4.92. The molecule has 0 bridgehead atoms. The van der Waals surface area contributed by atoms with Crippen LogP contribution in [0.3, 0.4) is 0 Å². The van der Waals surface area contributed by atoms with Crippen LogP contribution in [0.5, 0.6) is 0 Å². The highest BCUT2D eigenvalue weighted by Crippen LogP contribution is 2.22. The minimum atomic E-state index is -1.21. The molecule has 82 valence electrons. The minimum absolute atomic E-state index is 0.0621. The van der Waals surface area contributed by atoms with Crippen LogP contribution in [-0.2, 0) is 15.6 Å². The van der Waals surface area contributed by atoms with Crippen molar-refractivity contribution < 1.29 is 9.00 Å². The van der Waals surface area contributed by atoms with Gasteiger partial charge in [0, 0.05) is 10.8 Å². The van der Waals surface area contributed by atoms with Gasteiger partial charge in [0.15, 0.2) is 0 Å². The molecular formula is C11H15NO2S. The Morgan fingerprint density at radius 2 is 2.00 bits per heavy atom. The Hall–Kier alpha value is -1.16. The zero-order valence-corrected chi connectivity index (χ0v) is 9.50. The van der Waals surface area contributed by atoms with Crippen molar-refractivity contribution in [2.24, 2.45) is 5.73 Å². The predicted molar refractivity (Wildman–Crippen MR) is 61.7 cm³/mol. The van der Waals surface area contributed by atoms with Crippen LogP contribution in [0.1, 0.15) is 24.2 Å². The first kappa shape index (κ1) is 11.9. The zero-order chi connectivity index (χ0) is 11.3. The zero-order valence-electron chi connectivity index (χ0n) is 8.68. The van der Waals surface area contributed by atoms with Crippen LogP contribution in [0, 0.1) is 0 Å². The van der Waals surface area contributed by atoms with E-state index in [9.17, 15) is 9.00 Å². The average Bonchev–Trinajstić information content (AvgIpc) is 2.19. The monoisotopic (exact) mass is 225 g/mol. The van der Waals surface area contributed by atoms with E-state index in [0.29, 0.717) is 0 Å². The molecular weight excluding hydrogens is 210 g/mol. The molecule has 2 unspecified atom stereocenters. The third kappa shape index (κ3) is 3.47. The molecule has 0 aliphatic heterocycles. The third-order valence-corrected chi connectivity index (χ3v) is 3.95. The fourth-order valence-electron chi connectivity index (χ4n) is 1.48. The lowest BCUT2D eigenvalue weighted by atomic mass is 10.1. The van der Waals surface area contributed by atoms with Crippen molar-refractivity contribution in [3.05, 3.63) is 35.9 Å². The normalized spacial score (nSPS) is 14.5. The molecule has 0 spiro atoms. The van der Waals surface area contributed by atoms with Crippen molar-refractivity contribution >= 4 is 16.7 Å². The molecule has 0 aliphatic rings. The summed E-state index contributed by atoms with van der Waals surface area (Å²) in [7, 11) is -1.21. The lowest BCUT2D eigenvalue weighted by molar-refractivity contribution is -0.115. The second-order valence-electron chi connectivity index (χ2n) is 3.30. The fourth-order valence-corrected chi connectivity index (χ4v) is 2.80. The average molecular weight is 225 g/mol. The molecule has 0 fully saturated rings. The Bertz CT molecular complexity index is 351. The van der Waals surface area contributed by atoms with E-state index in [0.717, 1.165) is 12.0 Å². The van der Waals surface area contributed by atoms with Crippen molar-refractivity contribution in [1.82, 2.24) is 0 Å². The standard InChI is InChI=1S/C11H15NO2S/c1-2-10(15(14)8-11(12)13)9-6-4-3-5-7-9/h3-7,10H,2,8H2,1H3,(H2,12,13). The van der Waals surface area contributed by atoms with E-state index >= 15 is 0 Å². The van der Waals surface area contributed by atoms with Gasteiger partial charge in [-0.3, -0.25) is 9.00 Å². The number of hydrogen-bond donors (Lipinski definition) is 1. The number of carbonyl (C=O) groups excluding carboxylic acids is 1. The van der Waals surface area contributed by atoms with Crippen molar-refractivity contribution in [1.29, 1.82) is 0 Å². The van der Waals surface area contributed by atoms with E-state index in [1.54, 1.807) is 0 Å². The first-order valence-corrected chi connectivity index (χ1v) is 6.23. The van der Waals surface area contributed by atoms with E-state index in [4.69, 9.17) is 5.73 Å². The Balaban J connectivity index is 2.80. The van der Waals surface area contributed by atoms with E-state index in [1.165, 1.54) is 0 Å². The minimum Gasteiger partial charge on any atom is -0.369 e. The van der Waals surface area contributed by atoms with E-state index < -0.39 is 16.7 Å². The molecule has 4 heteroatoms. The number of nitrogens with two attached hydrogens (primary N) is 1. The maximum atomic E-state index is 11.8. The molecule has 1 aromatic rings. The molecule has 0 saturated carbocycles. The van der Waals surface area contributed by atoms with Crippen LogP contribution >= 0.6 is 0 Å². The van der Waals surface area contributed by atoms with Gasteiger partial charge in [0.2, 0.25) is 5.91 Å². The summed E-state index contributed by atoms with van der Waals surface area (Å²) in [5.41, 5.74) is 6.03. The van der Waals surface area contributed by atoms with Crippen molar-refractivity contribution in [3.63, 3.8) is 0 Å². The molecule has 0 saturated heterocycles. The molecule has 0 aliphatic carbocycles. The third-order valence-electron chi connectivity index (χ3n) is 2.14. The van der Waals surface area contributed by atoms with Gasteiger partial charge in [-0.25, -0.2) is 0 Å². The summed E-state index contributed by atoms with van der Waals surface area (Å²) in [6, 6.07) is 9.56. The van der Waals surface area contributed by atoms with Crippen molar-refractivity contribution in [2.45, 2.75) is 18.6 Å². The van der Waals surface area contributed by atoms with E-state index in [-0.39, 0.29) is 11.0 Å². The van der Waals surface area contributed by atoms with Crippen LogP contribution in [0.15, 0.2) is 30.3 Å². The summed E-state index contributed by atoms with van der Waals surface area (Å²) in [5, 5.41) is -0.0984. The molecule has 3 nitrogen and oxygen atoms in total. The maximum absolute atomic E-state index is 11.8. The summed E-state index contributed by atoms with van der Waals surface area (Å²) >= 11 is 0. The van der Waals surface area contributed by atoms with Gasteiger partial charge >= 0.3 is 0 Å². The summed E-state index contributed by atoms with van der Waals surface area (Å²) < 4.78 is 11.8. The van der Waals surface area contributed by atoms with Gasteiger partial charge in [0.05, 0.1) is 5.25 Å². The van der Waals surface area contributed by atoms with Crippen LogP contribution in [0.25, 0.3) is 0 Å². The summed E-state index contributed by atoms with van der Waals surface area (Å²) in [6.45, 7) is 1.95. The highest BCUT2D eigenvalue weighted by Gasteiger charge is 2.18. The maximum Gasteiger partial charge on any atom is 0.230 e. The molecule has 0 heterocycles. The highest BCUT2D eigenvalue weighted by atomic mass is 32.2. The molecule has 1 amide bonds. The van der Waals surface area contributed by atoms with Crippen molar-refractivity contribution in [3.8, 4) is 0 Å². The fraction of sp³-hybridized carbons (Fsp3) is 0.364. The lowest BCUT2D eigenvalue weighted by Crippen LogP contribution is -2.22. The number of rotatable bonds is 5. The summed E-state index contributed by atoms with van der Waals surface area (Å²) in [4.78, 5) is 10.7. The molecule has 1 rings (SSSR count). The van der Waals surface area contributed by atoms with Crippen LogP contribution in [0.2, 0.25) is 0 Å². The van der Waals surface area contributed by atoms with E-state index in [1.807, 2.05) is 37.3 Å². The number of carbonyl (C=O) groups is 1. The molecule has 2 atom stereocenters. The summed E-state index contributed by atoms with van der Waals surface area (Å²) in [5.74, 6) is -0.573. The smallest absolute Gasteiger partial charge is 0.230 e. The molecule has 0 aromatic heterocycles. The van der Waals surface area contributed by atoms with E-state index in [2.05, 4.69) is 0 Å². The molecule has 2 N–H and O–H groups in total. The first-order valence-electron chi connectivity index (χ1n) is 4.85. The number of hydrogen-bond acceptors (Lipinski definition) is 2. The van der Waals surface area contributed by atoms with Gasteiger partial charge in [-0.2, -0.15) is 0 Å². The highest BCUT2D eigenvalue weighted by molar-refractivity contribution is 7.86. The topological polar surface area (TPSA) is 60.2 Å². The predicted octanol–water partition coefficient (Wildman–Crippen LogP) is 1.37. The first-order chi connectivity index (χ1) is 7.15. The van der Waals surface area contributed by atoms with Gasteiger partial charge < -0.3 is 5.73 Å². The van der Waals surface area contributed by atoms with Gasteiger partial charge in [0.25, 0.3) is 0 Å². The lowest BCUT2D eigenvalue weighted by Gasteiger charge is -2.13. The molecule has 0 radical (unpaired) electrons. The van der Waals surface area contributed by atoms with Gasteiger partial charge in [0.1, 0.15) is 5.75 Å². The molecule has 15 heavy (non-hydrogen) atoms. The molecule has 1 aromatic carbocycles. The Morgan fingerprint density at radius 3 is 2.47 bits per heavy atom. The van der Waals surface area contributed by atoms with Gasteiger partial charge in [-0.1, -0.05) is 37.3 Å². The summed E-state index contributed by atoms with van der Waals surface area (Å²) in [6.07, 6.45) is 0.740. The largest absolute Gasteiger partial charge is 0.369 e. The van der Waals surface area contributed by atoms with Gasteiger partial charge in [-0.15, -0.1) is 0 Å². The van der Waals surface area contributed by atoms with Crippen molar-refractivity contribution in [2.75, 3.05) is 5.75 Å². The Kier molecular flexibility index (Phi) is 4.49. The Labute approximate surface area is 92.1 Å². The second kappa shape index (κ2) is 5.66. The quantitative estimate of drug-likeness (QED) is 0.822. The van der Waals surface area contributed by atoms with Crippen LogP contribution in [0.4, 0.5) is 0 Å². The van der Waals surface area contributed by atoms with Crippen LogP contribution < -0.4 is 5.73 Å². The van der Waals surface area contributed by atoms with Gasteiger partial charge in [-0.05, 0) is 12.0 Å². The number of benzene rings is 1. The number of amides is 1. The Morgan fingerprint density at radius 1 is 1.40 bits per heavy atom.